The summed E-state index contributed by atoms with van der Waals surface area (Å²) in [5.41, 5.74) is 3.96. The van der Waals surface area contributed by atoms with Crippen molar-refractivity contribution in [3.8, 4) is 0 Å². The summed E-state index contributed by atoms with van der Waals surface area (Å²) < 4.78 is 17.9. The number of likely N-dealkylation sites (tertiary alicyclic amines) is 1. The van der Waals surface area contributed by atoms with Gasteiger partial charge in [0.25, 0.3) is 5.91 Å². The van der Waals surface area contributed by atoms with Crippen LogP contribution in [0, 0.1) is 5.92 Å². The van der Waals surface area contributed by atoms with Crippen molar-refractivity contribution in [2.75, 3.05) is 19.6 Å². The summed E-state index contributed by atoms with van der Waals surface area (Å²) in [7, 11) is 0. The first-order valence-electron chi connectivity index (χ1n) is 17.1. The van der Waals surface area contributed by atoms with Gasteiger partial charge in [-0.05, 0) is 65.4 Å². The third-order valence-corrected chi connectivity index (χ3v) is 10.5. The van der Waals surface area contributed by atoms with Crippen molar-refractivity contribution < 1.29 is 38.8 Å². The van der Waals surface area contributed by atoms with Gasteiger partial charge in [-0.25, -0.2) is 9.59 Å². The van der Waals surface area contributed by atoms with Gasteiger partial charge in [-0.2, -0.15) is 0 Å². The van der Waals surface area contributed by atoms with E-state index >= 15 is 0 Å². The van der Waals surface area contributed by atoms with Crippen LogP contribution < -0.4 is 5.32 Å². The number of halogens is 1. The molecule has 4 atom stereocenters. The third kappa shape index (κ3) is 7.48. The van der Waals surface area contributed by atoms with Crippen molar-refractivity contribution >= 4 is 29.4 Å². The maximum atomic E-state index is 12.9. The number of aliphatic hydroxyl groups excluding tert-OH is 1. The van der Waals surface area contributed by atoms with Crippen LogP contribution in [0.2, 0.25) is 5.02 Å². The first-order valence-corrected chi connectivity index (χ1v) is 17.5. The summed E-state index contributed by atoms with van der Waals surface area (Å²) in [5, 5.41) is 24.5. The molecular weight excluding hydrogens is 672 g/mol. The number of nitrogens with zero attached hydrogens (tertiary/aromatic N) is 1. The summed E-state index contributed by atoms with van der Waals surface area (Å²) in [4.78, 5) is 38.9. The van der Waals surface area contributed by atoms with Crippen LogP contribution >= 0.6 is 11.6 Å². The van der Waals surface area contributed by atoms with Gasteiger partial charge >= 0.3 is 11.9 Å². The second-order valence-corrected chi connectivity index (χ2v) is 14.0. The van der Waals surface area contributed by atoms with Crippen LogP contribution in [0.1, 0.15) is 91.1 Å². The molecule has 0 spiro atoms. The molecule has 0 aromatic heterocycles. The highest BCUT2D eigenvalue weighted by atomic mass is 35.5. The van der Waals surface area contributed by atoms with Crippen LogP contribution in [-0.4, -0.2) is 58.7 Å². The van der Waals surface area contributed by atoms with Crippen LogP contribution in [0.5, 0.6) is 0 Å². The number of carbonyl (C=O) groups is 3. The highest BCUT2D eigenvalue weighted by Gasteiger charge is 2.41. The summed E-state index contributed by atoms with van der Waals surface area (Å²) in [6, 6.07) is 27.2. The first-order chi connectivity index (χ1) is 24.6. The molecular formula is C40H39ClN2O8. The number of fused-ring (bicyclic) bond motifs is 1. The molecule has 1 unspecified atom stereocenters. The zero-order valence-electron chi connectivity index (χ0n) is 28.1. The predicted octanol–water partition coefficient (Wildman–Crippen LogP) is 5.85. The molecule has 3 heterocycles. The summed E-state index contributed by atoms with van der Waals surface area (Å²) >= 11 is 6.08. The normalized spacial score (nSPS) is 23.1. The minimum absolute atomic E-state index is 0.00646. The lowest BCUT2D eigenvalue weighted by Crippen LogP contribution is -2.49. The van der Waals surface area contributed by atoms with Gasteiger partial charge in [0.2, 0.25) is 0 Å². The van der Waals surface area contributed by atoms with Crippen molar-refractivity contribution in [2.24, 2.45) is 5.92 Å². The SMILES string of the molecule is C[C@H]1[C@@H](CN2CCC(O)(c3ccc(Cl)cc3)CC2)OC(c2ccc(CNC(=O)c3ccc4c(c3)C(=O)OC4=O)cc2)O[C@H]1c1ccc(CO)cc1. The Morgan fingerprint density at radius 1 is 0.863 bits per heavy atom. The van der Waals surface area contributed by atoms with Gasteiger partial charge in [0.05, 0.1) is 35.5 Å². The van der Waals surface area contributed by atoms with Gasteiger partial charge in [0.15, 0.2) is 6.29 Å². The molecule has 0 radical (unpaired) electrons. The molecule has 0 saturated carbocycles. The average molecular weight is 711 g/mol. The fourth-order valence-corrected chi connectivity index (χ4v) is 7.17. The quantitative estimate of drug-likeness (QED) is 0.145. The Balaban J connectivity index is 1.03. The van der Waals surface area contributed by atoms with E-state index in [1.165, 1.54) is 18.2 Å². The molecule has 0 bridgehead atoms. The standard InChI is InChI=1S/C40H39ClN2O8/c1-24-34(22-43-18-16-40(48,17-19-43)30-11-13-31(41)14-12-30)49-39(50-35(24)27-6-4-26(23-44)5-7-27)28-8-2-25(3-9-28)21-42-36(45)29-10-15-32-33(20-29)38(47)51-37(32)46/h2-15,20,24,34-35,39,44,48H,16-19,21-23H2,1H3,(H,42,45)/t24-,34+,35+,39?/m0/s1. The number of hydrogen-bond donors (Lipinski definition) is 3. The summed E-state index contributed by atoms with van der Waals surface area (Å²) in [5.74, 6) is -1.85. The molecule has 3 N–H and O–H groups in total. The van der Waals surface area contributed by atoms with Crippen LogP contribution in [0.15, 0.2) is 91.0 Å². The van der Waals surface area contributed by atoms with Crippen LogP contribution in [0.3, 0.4) is 0 Å². The van der Waals surface area contributed by atoms with E-state index < -0.39 is 23.8 Å². The number of cyclic esters (lactones) is 2. The molecule has 4 aromatic rings. The van der Waals surface area contributed by atoms with E-state index in [0.29, 0.717) is 37.5 Å². The van der Waals surface area contributed by atoms with Crippen molar-refractivity contribution in [2.45, 2.75) is 57.0 Å². The largest absolute Gasteiger partial charge is 0.392 e. The zero-order valence-corrected chi connectivity index (χ0v) is 28.8. The van der Waals surface area contributed by atoms with Gasteiger partial charge in [0, 0.05) is 48.2 Å². The second kappa shape index (κ2) is 14.7. The number of piperidine rings is 1. The molecule has 2 saturated heterocycles. The Morgan fingerprint density at radius 2 is 1.51 bits per heavy atom. The Kier molecular flexibility index (Phi) is 10.1. The second-order valence-electron chi connectivity index (χ2n) is 13.5. The van der Waals surface area contributed by atoms with Gasteiger partial charge in [-0.3, -0.25) is 4.79 Å². The third-order valence-electron chi connectivity index (χ3n) is 10.2. The van der Waals surface area contributed by atoms with E-state index in [0.717, 1.165) is 27.8 Å². The summed E-state index contributed by atoms with van der Waals surface area (Å²) in [6.07, 6.45) is 0.0987. The van der Waals surface area contributed by atoms with E-state index in [1.54, 1.807) is 0 Å². The monoisotopic (exact) mass is 710 g/mol. The molecule has 10 nitrogen and oxygen atoms in total. The molecule has 51 heavy (non-hydrogen) atoms. The Morgan fingerprint density at radius 3 is 2.20 bits per heavy atom. The number of aliphatic hydroxyl groups is 2. The van der Waals surface area contributed by atoms with E-state index in [-0.39, 0.29) is 53.9 Å². The maximum absolute atomic E-state index is 12.9. The topological polar surface area (TPSA) is 135 Å². The maximum Gasteiger partial charge on any atom is 0.346 e. The van der Waals surface area contributed by atoms with E-state index in [9.17, 15) is 24.6 Å². The number of amides is 1. The zero-order chi connectivity index (χ0) is 35.7. The fraction of sp³-hybridized carbons (Fsp3) is 0.325. The lowest BCUT2D eigenvalue weighted by molar-refractivity contribution is -0.277. The fourth-order valence-electron chi connectivity index (χ4n) is 7.04. The molecule has 1 amide bonds. The lowest BCUT2D eigenvalue weighted by Gasteiger charge is -2.45. The average Bonchev–Trinajstić information content (AvgIpc) is 3.44. The predicted molar refractivity (Wildman–Crippen MR) is 188 cm³/mol. The Bertz CT molecular complexity index is 1910. The van der Waals surface area contributed by atoms with Crippen LogP contribution in [0.4, 0.5) is 0 Å². The first kappa shape index (κ1) is 35.0. The van der Waals surface area contributed by atoms with Crippen LogP contribution in [0.25, 0.3) is 0 Å². The molecule has 3 aliphatic heterocycles. The lowest BCUT2D eigenvalue weighted by atomic mass is 9.84. The van der Waals surface area contributed by atoms with Crippen molar-refractivity contribution in [3.63, 3.8) is 0 Å². The van der Waals surface area contributed by atoms with Gasteiger partial charge in [-0.15, -0.1) is 0 Å². The number of ether oxygens (including phenoxy) is 3. The number of carbonyl (C=O) groups excluding carboxylic acids is 3. The van der Waals surface area contributed by atoms with Gasteiger partial charge < -0.3 is 34.6 Å². The smallest absolute Gasteiger partial charge is 0.346 e. The molecule has 3 aliphatic rings. The Hall–Kier alpha value is -4.42. The molecule has 11 heteroatoms. The van der Waals surface area contributed by atoms with Gasteiger partial charge in [0.1, 0.15) is 0 Å². The number of esters is 2. The van der Waals surface area contributed by atoms with E-state index in [1.807, 2.05) is 72.8 Å². The van der Waals surface area contributed by atoms with Crippen LogP contribution in [-0.2, 0) is 33.0 Å². The molecule has 0 aliphatic carbocycles. The molecule has 264 valence electrons. The van der Waals surface area contributed by atoms with Crippen molar-refractivity contribution in [3.05, 3.63) is 141 Å². The Labute approximate surface area is 300 Å². The van der Waals surface area contributed by atoms with E-state index in [2.05, 4.69) is 21.9 Å². The number of hydrogen-bond acceptors (Lipinski definition) is 9. The number of nitrogens with one attached hydrogen (secondary N) is 1. The molecule has 7 rings (SSSR count). The molecule has 2 fully saturated rings. The summed E-state index contributed by atoms with van der Waals surface area (Å²) in [6.45, 7) is 4.42. The number of benzene rings is 4. The highest BCUT2D eigenvalue weighted by Crippen LogP contribution is 2.42. The van der Waals surface area contributed by atoms with Gasteiger partial charge in [-0.1, -0.05) is 79.2 Å². The minimum atomic E-state index is -0.903. The molecule has 4 aromatic carbocycles. The highest BCUT2D eigenvalue weighted by molar-refractivity contribution is 6.30. The minimum Gasteiger partial charge on any atom is -0.392 e. The number of rotatable bonds is 9. The van der Waals surface area contributed by atoms with E-state index in [4.69, 9.17) is 21.1 Å². The van der Waals surface area contributed by atoms with Crippen molar-refractivity contribution in [1.82, 2.24) is 10.2 Å². The van der Waals surface area contributed by atoms with Crippen molar-refractivity contribution in [1.29, 1.82) is 0 Å².